The van der Waals surface area contributed by atoms with Gasteiger partial charge in [-0.15, -0.1) is 0 Å². The van der Waals surface area contributed by atoms with Gasteiger partial charge in [0.2, 0.25) is 0 Å². The molecule has 1 rings (SSSR count). The predicted molar refractivity (Wildman–Crippen MR) is 47.3 cm³/mol. The lowest BCUT2D eigenvalue weighted by molar-refractivity contribution is 1.15. The first kappa shape index (κ1) is 8.52. The molecule has 0 aliphatic rings. The molecule has 12 heavy (non-hydrogen) atoms. The maximum atomic E-state index is 3.86. The summed E-state index contributed by atoms with van der Waals surface area (Å²) in [5.74, 6) is 0. The van der Waals surface area contributed by atoms with Crippen molar-refractivity contribution in [3.05, 3.63) is 24.3 Å². The van der Waals surface area contributed by atoms with Crippen LogP contribution in [0.4, 0.5) is 11.4 Å². The highest BCUT2D eigenvalue weighted by Gasteiger charge is 1.89. The van der Waals surface area contributed by atoms with Gasteiger partial charge in [0.05, 0.1) is 11.4 Å². The van der Waals surface area contributed by atoms with Crippen LogP contribution >= 0.6 is 0 Å². The van der Waals surface area contributed by atoms with Gasteiger partial charge in [0.25, 0.3) is 0 Å². The van der Waals surface area contributed by atoms with E-state index in [0.717, 1.165) is 11.4 Å². The van der Waals surface area contributed by atoms with Gasteiger partial charge in [0.15, 0.2) is 0 Å². The number of hydrogen-bond donors (Lipinski definition) is 0. The van der Waals surface area contributed by atoms with Crippen molar-refractivity contribution in [2.75, 3.05) is 14.1 Å². The molecule has 0 aliphatic carbocycles. The highest BCUT2D eigenvalue weighted by molar-refractivity contribution is 5.46. The Labute approximate surface area is 71.1 Å². The van der Waals surface area contributed by atoms with E-state index in [1.165, 1.54) is 0 Å². The van der Waals surface area contributed by atoms with Crippen LogP contribution in [-0.2, 0) is 0 Å². The van der Waals surface area contributed by atoms with Crippen molar-refractivity contribution in [3.8, 4) is 0 Å². The molecule has 0 aliphatic heterocycles. The molecule has 0 bridgehead atoms. The Kier molecular flexibility index (Phi) is 3.07. The lowest BCUT2D eigenvalue weighted by Crippen LogP contribution is -1.63. The number of nitrogens with zero attached hydrogens (tertiary/aromatic N) is 4. The van der Waals surface area contributed by atoms with E-state index in [1.807, 2.05) is 24.3 Å². The predicted octanol–water partition coefficient (Wildman–Crippen LogP) is 3.11. The van der Waals surface area contributed by atoms with Gasteiger partial charge >= 0.3 is 0 Å². The molecular weight excluding hydrogens is 152 g/mol. The van der Waals surface area contributed by atoms with E-state index < -0.39 is 0 Å². The van der Waals surface area contributed by atoms with E-state index in [1.54, 1.807) is 14.1 Å². The highest BCUT2D eigenvalue weighted by atomic mass is 15.1. The first-order chi connectivity index (χ1) is 5.86. The molecule has 4 heteroatoms. The summed E-state index contributed by atoms with van der Waals surface area (Å²) in [4.78, 5) is 0. The topological polar surface area (TPSA) is 49.4 Å². The standard InChI is InChI=1S/C8H10N4/c1-9-11-7-3-5-8(6-4-7)12-10-2/h3-6H,1-2H3. The summed E-state index contributed by atoms with van der Waals surface area (Å²) in [6.07, 6.45) is 0. The second kappa shape index (κ2) is 4.33. The fourth-order valence-electron chi connectivity index (χ4n) is 0.817. The maximum Gasteiger partial charge on any atom is 0.0853 e. The third-order valence-corrected chi connectivity index (χ3v) is 1.28. The van der Waals surface area contributed by atoms with Crippen molar-refractivity contribution in [3.63, 3.8) is 0 Å². The minimum absolute atomic E-state index is 0.826. The van der Waals surface area contributed by atoms with Gasteiger partial charge in [-0.25, -0.2) is 0 Å². The molecule has 1 aromatic carbocycles. The monoisotopic (exact) mass is 162 g/mol. The molecule has 0 unspecified atom stereocenters. The smallest absolute Gasteiger partial charge is 0.0853 e. The summed E-state index contributed by atoms with van der Waals surface area (Å²) in [6, 6.07) is 7.38. The van der Waals surface area contributed by atoms with E-state index in [9.17, 15) is 0 Å². The largest absolute Gasteiger partial charge is 0.192 e. The Bertz CT molecular complexity index is 255. The van der Waals surface area contributed by atoms with Gasteiger partial charge in [-0.3, -0.25) is 0 Å². The number of azo groups is 2. The van der Waals surface area contributed by atoms with Gasteiger partial charge < -0.3 is 0 Å². The average Bonchev–Trinajstić information content (AvgIpc) is 2.09. The van der Waals surface area contributed by atoms with Crippen molar-refractivity contribution in [1.29, 1.82) is 0 Å². The molecule has 0 spiro atoms. The highest BCUT2D eigenvalue weighted by Crippen LogP contribution is 2.18. The number of rotatable bonds is 2. The quantitative estimate of drug-likeness (QED) is 0.600. The van der Waals surface area contributed by atoms with Crippen LogP contribution in [0.1, 0.15) is 0 Å². The van der Waals surface area contributed by atoms with Crippen molar-refractivity contribution >= 4 is 11.4 Å². The van der Waals surface area contributed by atoms with Crippen LogP contribution in [-0.4, -0.2) is 14.1 Å². The molecule has 0 heterocycles. The van der Waals surface area contributed by atoms with Gasteiger partial charge in [0.1, 0.15) is 0 Å². The van der Waals surface area contributed by atoms with Gasteiger partial charge in [-0.05, 0) is 24.3 Å². The third kappa shape index (κ3) is 2.23. The lowest BCUT2D eigenvalue weighted by atomic mass is 10.3. The molecule has 0 radical (unpaired) electrons. The number of benzene rings is 1. The SMILES string of the molecule is CN=Nc1ccc(N=NC)cc1. The fourth-order valence-corrected chi connectivity index (χ4v) is 0.817. The molecule has 0 aromatic heterocycles. The minimum Gasteiger partial charge on any atom is -0.192 e. The minimum atomic E-state index is 0.826. The van der Waals surface area contributed by atoms with E-state index >= 15 is 0 Å². The average molecular weight is 162 g/mol. The Balaban J connectivity index is 2.85. The van der Waals surface area contributed by atoms with E-state index in [4.69, 9.17) is 0 Å². The zero-order chi connectivity index (χ0) is 8.81. The molecule has 4 nitrogen and oxygen atoms in total. The van der Waals surface area contributed by atoms with Crippen molar-refractivity contribution in [2.45, 2.75) is 0 Å². The molecule has 0 fully saturated rings. The summed E-state index contributed by atoms with van der Waals surface area (Å²) >= 11 is 0. The molecular formula is C8H10N4. The Morgan fingerprint density at radius 3 is 1.33 bits per heavy atom. The molecule has 0 saturated heterocycles. The lowest BCUT2D eigenvalue weighted by Gasteiger charge is -1.91. The van der Waals surface area contributed by atoms with Gasteiger partial charge in [-0.2, -0.15) is 20.5 Å². The second-order valence-corrected chi connectivity index (χ2v) is 2.12. The van der Waals surface area contributed by atoms with Crippen LogP contribution in [0.5, 0.6) is 0 Å². The summed E-state index contributed by atoms with van der Waals surface area (Å²) < 4.78 is 0. The van der Waals surface area contributed by atoms with Crippen molar-refractivity contribution < 1.29 is 0 Å². The van der Waals surface area contributed by atoms with Crippen LogP contribution in [0.15, 0.2) is 44.7 Å². The molecule has 0 N–H and O–H groups in total. The molecule has 1 aromatic rings. The van der Waals surface area contributed by atoms with Crippen molar-refractivity contribution in [1.82, 2.24) is 0 Å². The van der Waals surface area contributed by atoms with Crippen LogP contribution in [0, 0.1) is 0 Å². The summed E-state index contributed by atoms with van der Waals surface area (Å²) in [7, 11) is 3.28. The van der Waals surface area contributed by atoms with Gasteiger partial charge in [0, 0.05) is 14.1 Å². The number of hydrogen-bond acceptors (Lipinski definition) is 4. The first-order valence-corrected chi connectivity index (χ1v) is 3.56. The zero-order valence-electron chi connectivity index (χ0n) is 7.10. The Hall–Kier alpha value is -1.58. The zero-order valence-corrected chi connectivity index (χ0v) is 7.10. The van der Waals surface area contributed by atoms with Crippen LogP contribution in [0.2, 0.25) is 0 Å². The summed E-state index contributed by atoms with van der Waals surface area (Å²) in [5, 5.41) is 15.0. The normalized spacial score (nSPS) is 11.5. The van der Waals surface area contributed by atoms with Crippen LogP contribution in [0.3, 0.4) is 0 Å². The van der Waals surface area contributed by atoms with Crippen LogP contribution < -0.4 is 0 Å². The third-order valence-electron chi connectivity index (χ3n) is 1.28. The fraction of sp³-hybridized carbons (Fsp3) is 0.250. The summed E-state index contributed by atoms with van der Waals surface area (Å²) in [6.45, 7) is 0. The van der Waals surface area contributed by atoms with Crippen molar-refractivity contribution in [2.24, 2.45) is 20.5 Å². The molecule has 0 atom stereocenters. The molecule has 0 saturated carbocycles. The molecule has 0 amide bonds. The first-order valence-electron chi connectivity index (χ1n) is 3.56. The Morgan fingerprint density at radius 1 is 0.750 bits per heavy atom. The van der Waals surface area contributed by atoms with E-state index in [-0.39, 0.29) is 0 Å². The van der Waals surface area contributed by atoms with E-state index in [0.29, 0.717) is 0 Å². The maximum absolute atomic E-state index is 3.86. The van der Waals surface area contributed by atoms with Crippen LogP contribution in [0.25, 0.3) is 0 Å². The summed E-state index contributed by atoms with van der Waals surface area (Å²) in [5.41, 5.74) is 1.65. The second-order valence-electron chi connectivity index (χ2n) is 2.12. The Morgan fingerprint density at radius 2 is 1.08 bits per heavy atom. The van der Waals surface area contributed by atoms with E-state index in [2.05, 4.69) is 20.5 Å². The van der Waals surface area contributed by atoms with Gasteiger partial charge in [-0.1, -0.05) is 0 Å². The molecule has 62 valence electrons.